The number of hydrazine groups is 1. The molecule has 7 nitrogen and oxygen atoms in total. The predicted molar refractivity (Wildman–Crippen MR) is 94.3 cm³/mol. The Kier molecular flexibility index (Phi) is 3.98. The van der Waals surface area contributed by atoms with Gasteiger partial charge < -0.3 is 9.47 Å². The highest BCUT2D eigenvalue weighted by Gasteiger charge is 2.19. The lowest BCUT2D eigenvalue weighted by molar-refractivity contribution is 0.0944. The minimum absolute atomic E-state index is 0.0576. The molecule has 1 heterocycles. The van der Waals surface area contributed by atoms with Crippen LogP contribution in [0, 0.1) is 0 Å². The lowest BCUT2D eigenvalue weighted by atomic mass is 10.1. The first-order chi connectivity index (χ1) is 12.5. The fourth-order valence-electron chi connectivity index (χ4n) is 2.62. The number of ether oxygens (including phenoxy) is 2. The van der Waals surface area contributed by atoms with E-state index in [2.05, 4.69) is 10.3 Å². The summed E-state index contributed by atoms with van der Waals surface area (Å²) in [6, 6.07) is 16.8. The number of carbonyl (C=O) groups excluding carboxylic acids is 1. The van der Waals surface area contributed by atoms with Gasteiger partial charge >= 0.3 is 0 Å². The zero-order valence-electron chi connectivity index (χ0n) is 13.4. The van der Waals surface area contributed by atoms with Crippen LogP contribution in [0.15, 0.2) is 65.6 Å². The summed E-state index contributed by atoms with van der Waals surface area (Å²) in [6.07, 6.45) is 0. The number of carbonyl (C=O) groups is 1. The molecule has 0 spiro atoms. The van der Waals surface area contributed by atoms with Crippen LogP contribution in [-0.2, 0) is 10.0 Å². The molecule has 3 aromatic carbocycles. The summed E-state index contributed by atoms with van der Waals surface area (Å²) in [6.45, 7) is 0.0923. The van der Waals surface area contributed by atoms with Crippen LogP contribution in [0.25, 0.3) is 10.8 Å². The van der Waals surface area contributed by atoms with Crippen molar-refractivity contribution in [2.45, 2.75) is 4.90 Å². The van der Waals surface area contributed by atoms with Crippen LogP contribution >= 0.6 is 0 Å². The van der Waals surface area contributed by atoms with Gasteiger partial charge in [0.25, 0.3) is 15.9 Å². The van der Waals surface area contributed by atoms with Gasteiger partial charge in [0.05, 0.1) is 4.90 Å². The minimum atomic E-state index is -3.90. The van der Waals surface area contributed by atoms with Gasteiger partial charge in [0.15, 0.2) is 11.5 Å². The number of amides is 1. The number of fused-ring (bicyclic) bond motifs is 2. The summed E-state index contributed by atoms with van der Waals surface area (Å²) in [5.41, 5.74) is 2.45. The molecule has 8 heteroatoms. The summed E-state index contributed by atoms with van der Waals surface area (Å²) >= 11 is 0. The monoisotopic (exact) mass is 370 g/mol. The van der Waals surface area contributed by atoms with Crippen molar-refractivity contribution < 1.29 is 22.7 Å². The van der Waals surface area contributed by atoms with Crippen LogP contribution in [0.5, 0.6) is 11.5 Å². The van der Waals surface area contributed by atoms with E-state index in [-0.39, 0.29) is 17.3 Å². The van der Waals surface area contributed by atoms with Gasteiger partial charge in [-0.25, -0.2) is 8.42 Å². The van der Waals surface area contributed by atoms with Crippen LogP contribution in [0.3, 0.4) is 0 Å². The first-order valence-electron chi connectivity index (χ1n) is 7.73. The topological polar surface area (TPSA) is 93.7 Å². The Morgan fingerprint density at radius 3 is 2.50 bits per heavy atom. The van der Waals surface area contributed by atoms with Gasteiger partial charge in [0.2, 0.25) is 6.79 Å². The third kappa shape index (κ3) is 3.07. The standard InChI is InChI=1S/C18H14N2O5S/c21-18(14-6-8-16-17(10-14)25-11-24-16)19-20-26(22,23)15-7-5-12-3-1-2-4-13(12)9-15/h1-10,20H,11H2,(H,19,21). The Morgan fingerprint density at radius 2 is 1.65 bits per heavy atom. The second-order valence-electron chi connectivity index (χ2n) is 5.64. The van der Waals surface area contributed by atoms with Crippen molar-refractivity contribution in [2.75, 3.05) is 6.79 Å². The smallest absolute Gasteiger partial charge is 0.266 e. The van der Waals surface area contributed by atoms with Crippen LogP contribution in [0.2, 0.25) is 0 Å². The second-order valence-corrected chi connectivity index (χ2v) is 7.32. The zero-order chi connectivity index (χ0) is 18.1. The molecule has 0 aliphatic carbocycles. The Labute approximate surface area is 149 Å². The van der Waals surface area contributed by atoms with Crippen molar-refractivity contribution in [3.8, 4) is 11.5 Å². The average Bonchev–Trinajstić information content (AvgIpc) is 3.13. The van der Waals surface area contributed by atoms with Gasteiger partial charge in [0.1, 0.15) is 0 Å². The number of hydrogen-bond acceptors (Lipinski definition) is 5. The third-order valence-electron chi connectivity index (χ3n) is 3.96. The maximum Gasteiger partial charge on any atom is 0.266 e. The van der Waals surface area contributed by atoms with E-state index in [0.29, 0.717) is 11.5 Å². The maximum atomic E-state index is 12.4. The number of rotatable bonds is 4. The Morgan fingerprint density at radius 1 is 0.885 bits per heavy atom. The van der Waals surface area contributed by atoms with Crippen LogP contribution in [-0.4, -0.2) is 21.1 Å². The molecule has 4 rings (SSSR count). The van der Waals surface area contributed by atoms with Gasteiger partial charge in [-0.2, -0.15) is 0 Å². The van der Waals surface area contributed by atoms with Gasteiger partial charge in [-0.1, -0.05) is 30.3 Å². The van der Waals surface area contributed by atoms with E-state index < -0.39 is 15.9 Å². The first kappa shape index (κ1) is 16.4. The first-order valence-corrected chi connectivity index (χ1v) is 9.22. The van der Waals surface area contributed by atoms with E-state index in [1.807, 2.05) is 24.3 Å². The summed E-state index contributed by atoms with van der Waals surface area (Å²) < 4.78 is 35.2. The van der Waals surface area contributed by atoms with E-state index in [1.54, 1.807) is 18.2 Å². The molecule has 1 amide bonds. The van der Waals surface area contributed by atoms with Crippen molar-refractivity contribution in [1.29, 1.82) is 0 Å². The fourth-order valence-corrected chi connectivity index (χ4v) is 3.49. The molecule has 0 saturated carbocycles. The third-order valence-corrected chi connectivity index (χ3v) is 5.21. The molecule has 132 valence electrons. The maximum absolute atomic E-state index is 12.4. The Bertz CT molecular complexity index is 1110. The lowest BCUT2D eigenvalue weighted by Gasteiger charge is -2.09. The van der Waals surface area contributed by atoms with Crippen molar-refractivity contribution in [3.63, 3.8) is 0 Å². The highest BCUT2D eigenvalue weighted by Crippen LogP contribution is 2.32. The van der Waals surface area contributed by atoms with E-state index >= 15 is 0 Å². The summed E-state index contributed by atoms with van der Waals surface area (Å²) in [7, 11) is -3.90. The van der Waals surface area contributed by atoms with Crippen molar-refractivity contribution >= 4 is 26.7 Å². The molecule has 0 atom stereocenters. The molecule has 2 N–H and O–H groups in total. The average molecular weight is 370 g/mol. The molecular formula is C18H14N2O5S. The number of sulfonamides is 1. The zero-order valence-corrected chi connectivity index (χ0v) is 14.2. The summed E-state index contributed by atoms with van der Waals surface area (Å²) in [4.78, 5) is 14.4. The lowest BCUT2D eigenvalue weighted by Crippen LogP contribution is -2.41. The van der Waals surface area contributed by atoms with E-state index in [4.69, 9.17) is 9.47 Å². The van der Waals surface area contributed by atoms with E-state index in [1.165, 1.54) is 18.2 Å². The molecule has 0 fully saturated rings. The summed E-state index contributed by atoms with van der Waals surface area (Å²) in [5.74, 6) is 0.376. The molecule has 1 aliphatic rings. The quantitative estimate of drug-likeness (QED) is 0.687. The van der Waals surface area contributed by atoms with Crippen molar-refractivity contribution in [3.05, 3.63) is 66.2 Å². The SMILES string of the molecule is O=C(NNS(=O)(=O)c1ccc2ccccc2c1)c1ccc2c(c1)OCO2. The highest BCUT2D eigenvalue weighted by atomic mass is 32.2. The molecule has 26 heavy (non-hydrogen) atoms. The molecule has 3 aromatic rings. The molecule has 0 saturated heterocycles. The summed E-state index contributed by atoms with van der Waals surface area (Å²) in [5, 5.41) is 1.72. The van der Waals surface area contributed by atoms with E-state index in [0.717, 1.165) is 10.8 Å². The van der Waals surface area contributed by atoms with Gasteiger partial charge in [-0.05, 0) is 41.1 Å². The van der Waals surface area contributed by atoms with Crippen LogP contribution in [0.1, 0.15) is 10.4 Å². The normalized spacial score (nSPS) is 12.9. The number of benzene rings is 3. The molecule has 0 unspecified atom stereocenters. The predicted octanol–water partition coefficient (Wildman–Crippen LogP) is 2.19. The van der Waals surface area contributed by atoms with Gasteiger partial charge in [-0.15, -0.1) is 4.83 Å². The van der Waals surface area contributed by atoms with Crippen molar-refractivity contribution in [2.24, 2.45) is 0 Å². The molecule has 0 aromatic heterocycles. The van der Waals surface area contributed by atoms with E-state index in [9.17, 15) is 13.2 Å². The highest BCUT2D eigenvalue weighted by molar-refractivity contribution is 7.89. The van der Waals surface area contributed by atoms with Gasteiger partial charge in [-0.3, -0.25) is 10.2 Å². The molecule has 1 aliphatic heterocycles. The Balaban J connectivity index is 1.51. The second kappa shape index (κ2) is 6.32. The minimum Gasteiger partial charge on any atom is -0.454 e. The fraction of sp³-hybridized carbons (Fsp3) is 0.0556. The van der Waals surface area contributed by atoms with Gasteiger partial charge in [0, 0.05) is 5.56 Å². The van der Waals surface area contributed by atoms with Crippen molar-refractivity contribution in [1.82, 2.24) is 10.3 Å². The molecule has 0 bridgehead atoms. The molecular weight excluding hydrogens is 356 g/mol. The number of nitrogens with one attached hydrogen (secondary N) is 2. The Hall–Kier alpha value is -3.10. The molecule has 0 radical (unpaired) electrons. The largest absolute Gasteiger partial charge is 0.454 e. The van der Waals surface area contributed by atoms with Crippen LogP contribution < -0.4 is 19.7 Å². The van der Waals surface area contributed by atoms with Crippen LogP contribution in [0.4, 0.5) is 0 Å². The number of hydrogen-bond donors (Lipinski definition) is 2.